The number of para-hydroxylation sites is 1. The molecule has 3 rings (SSSR count). The molecule has 27 heavy (non-hydrogen) atoms. The van der Waals surface area contributed by atoms with Gasteiger partial charge in [-0.25, -0.2) is 0 Å². The summed E-state index contributed by atoms with van der Waals surface area (Å²) < 4.78 is 6.00. The summed E-state index contributed by atoms with van der Waals surface area (Å²) in [6.07, 6.45) is 6.53. The Balaban J connectivity index is 1.71. The van der Waals surface area contributed by atoms with Gasteiger partial charge >= 0.3 is 0 Å². The molecular formula is C22H27BrN2O2. The lowest BCUT2D eigenvalue weighted by atomic mass is 9.94. The van der Waals surface area contributed by atoms with Gasteiger partial charge < -0.3 is 10.1 Å². The van der Waals surface area contributed by atoms with Gasteiger partial charge in [0.1, 0.15) is 5.75 Å². The van der Waals surface area contributed by atoms with E-state index in [9.17, 15) is 4.79 Å². The van der Waals surface area contributed by atoms with E-state index in [2.05, 4.69) is 39.3 Å². The minimum absolute atomic E-state index is 0.119. The minimum Gasteiger partial charge on any atom is -0.496 e. The predicted octanol–water partition coefficient (Wildman–Crippen LogP) is 5.47. The molecule has 2 aromatic carbocycles. The van der Waals surface area contributed by atoms with Crippen molar-refractivity contribution in [2.24, 2.45) is 0 Å². The minimum atomic E-state index is -0.119. The summed E-state index contributed by atoms with van der Waals surface area (Å²) in [4.78, 5) is 15.1. The highest BCUT2D eigenvalue weighted by Gasteiger charge is 2.19. The summed E-state index contributed by atoms with van der Waals surface area (Å²) in [7, 11) is 3.80. The molecule has 0 saturated heterocycles. The van der Waals surface area contributed by atoms with Gasteiger partial charge in [0.05, 0.1) is 11.6 Å². The monoisotopic (exact) mass is 430 g/mol. The number of carbonyl (C=O) groups is 1. The number of methoxy groups -OCH3 is 1. The predicted molar refractivity (Wildman–Crippen MR) is 113 cm³/mol. The summed E-state index contributed by atoms with van der Waals surface area (Å²) in [5.41, 5.74) is 2.61. The smallest absolute Gasteiger partial charge is 0.255 e. The van der Waals surface area contributed by atoms with Crippen LogP contribution in [0.2, 0.25) is 0 Å². The second-order valence-corrected chi connectivity index (χ2v) is 8.02. The van der Waals surface area contributed by atoms with Crippen LogP contribution >= 0.6 is 15.9 Å². The average Bonchev–Trinajstić information content (AvgIpc) is 2.70. The van der Waals surface area contributed by atoms with E-state index in [0.29, 0.717) is 17.4 Å². The van der Waals surface area contributed by atoms with E-state index >= 15 is 0 Å². The number of halogens is 1. The van der Waals surface area contributed by atoms with Crippen molar-refractivity contribution in [2.75, 3.05) is 19.5 Å². The molecule has 1 amide bonds. The Morgan fingerprint density at radius 1 is 1.19 bits per heavy atom. The van der Waals surface area contributed by atoms with E-state index in [0.717, 1.165) is 22.3 Å². The van der Waals surface area contributed by atoms with Gasteiger partial charge in [-0.05, 0) is 65.6 Å². The number of nitrogens with one attached hydrogen (secondary N) is 1. The number of anilines is 1. The summed E-state index contributed by atoms with van der Waals surface area (Å²) in [6, 6.07) is 14.1. The zero-order valence-electron chi connectivity index (χ0n) is 16.0. The van der Waals surface area contributed by atoms with Crippen molar-refractivity contribution in [1.82, 2.24) is 4.90 Å². The highest BCUT2D eigenvalue weighted by Crippen LogP contribution is 2.27. The van der Waals surface area contributed by atoms with Gasteiger partial charge in [0.15, 0.2) is 0 Å². The maximum absolute atomic E-state index is 12.7. The van der Waals surface area contributed by atoms with Gasteiger partial charge in [-0.15, -0.1) is 0 Å². The van der Waals surface area contributed by atoms with Crippen LogP contribution in [0.15, 0.2) is 46.9 Å². The van der Waals surface area contributed by atoms with Crippen LogP contribution in [0.5, 0.6) is 5.75 Å². The van der Waals surface area contributed by atoms with Crippen LogP contribution in [0.4, 0.5) is 5.69 Å². The highest BCUT2D eigenvalue weighted by molar-refractivity contribution is 9.10. The Hall–Kier alpha value is -1.85. The molecule has 0 aliphatic heterocycles. The van der Waals surface area contributed by atoms with Crippen molar-refractivity contribution in [1.29, 1.82) is 0 Å². The highest BCUT2D eigenvalue weighted by atomic mass is 79.9. The number of nitrogens with zero attached hydrogens (tertiary/aromatic N) is 1. The van der Waals surface area contributed by atoms with Crippen molar-refractivity contribution in [3.63, 3.8) is 0 Å². The van der Waals surface area contributed by atoms with Gasteiger partial charge in [-0.1, -0.05) is 37.5 Å². The number of hydrogen-bond donors (Lipinski definition) is 1. The number of carbonyl (C=O) groups excluding carboxylic acids is 1. The van der Waals surface area contributed by atoms with Crippen LogP contribution in [-0.2, 0) is 6.54 Å². The SMILES string of the molecule is COc1ccc(C(=O)Nc2ccccc2CN(C)C2CCCCC2)cc1Br. The van der Waals surface area contributed by atoms with E-state index < -0.39 is 0 Å². The van der Waals surface area contributed by atoms with Gasteiger partial charge in [0.2, 0.25) is 0 Å². The zero-order valence-corrected chi connectivity index (χ0v) is 17.6. The molecule has 1 saturated carbocycles. The molecule has 1 aliphatic rings. The number of amides is 1. The first-order valence-electron chi connectivity index (χ1n) is 9.51. The molecule has 0 spiro atoms. The molecular weight excluding hydrogens is 404 g/mol. The van der Waals surface area contributed by atoms with Crippen LogP contribution in [-0.4, -0.2) is 31.0 Å². The first-order chi connectivity index (χ1) is 13.1. The van der Waals surface area contributed by atoms with Crippen molar-refractivity contribution < 1.29 is 9.53 Å². The largest absolute Gasteiger partial charge is 0.496 e. The molecule has 0 bridgehead atoms. The first-order valence-corrected chi connectivity index (χ1v) is 10.3. The third-order valence-corrected chi connectivity index (χ3v) is 5.92. The molecule has 0 radical (unpaired) electrons. The van der Waals surface area contributed by atoms with E-state index in [-0.39, 0.29) is 5.91 Å². The lowest BCUT2D eigenvalue weighted by Gasteiger charge is -2.31. The van der Waals surface area contributed by atoms with E-state index in [1.807, 2.05) is 18.2 Å². The third-order valence-electron chi connectivity index (χ3n) is 5.30. The fourth-order valence-electron chi connectivity index (χ4n) is 3.70. The number of rotatable bonds is 6. The molecule has 1 N–H and O–H groups in total. The summed E-state index contributed by atoms with van der Waals surface area (Å²) in [6.45, 7) is 0.841. The zero-order chi connectivity index (χ0) is 19.2. The fraction of sp³-hybridized carbons (Fsp3) is 0.409. The van der Waals surface area contributed by atoms with Gasteiger partial charge in [0.25, 0.3) is 5.91 Å². The Labute approximate surface area is 170 Å². The van der Waals surface area contributed by atoms with Crippen LogP contribution in [0, 0.1) is 0 Å². The lowest BCUT2D eigenvalue weighted by molar-refractivity contribution is 0.102. The molecule has 1 aliphatic carbocycles. The summed E-state index contributed by atoms with van der Waals surface area (Å²) in [5, 5.41) is 3.07. The second-order valence-electron chi connectivity index (χ2n) is 7.17. The van der Waals surface area contributed by atoms with Crippen molar-refractivity contribution in [3.05, 3.63) is 58.1 Å². The van der Waals surface area contributed by atoms with E-state index in [1.165, 1.54) is 32.1 Å². The lowest BCUT2D eigenvalue weighted by Crippen LogP contribution is -2.33. The Bertz CT molecular complexity index is 788. The molecule has 4 nitrogen and oxygen atoms in total. The molecule has 1 fully saturated rings. The standard InChI is InChI=1S/C22H27BrN2O2/c1-25(18-9-4-3-5-10-18)15-17-8-6-7-11-20(17)24-22(26)16-12-13-21(27-2)19(23)14-16/h6-8,11-14,18H,3-5,9-10,15H2,1-2H3,(H,24,26). The molecule has 0 atom stereocenters. The molecule has 0 unspecified atom stereocenters. The quantitative estimate of drug-likeness (QED) is 0.659. The number of ether oxygens (including phenoxy) is 1. The number of hydrogen-bond acceptors (Lipinski definition) is 3. The molecule has 144 valence electrons. The van der Waals surface area contributed by atoms with Gasteiger partial charge in [0, 0.05) is 23.8 Å². The van der Waals surface area contributed by atoms with Crippen LogP contribution in [0.3, 0.4) is 0 Å². The maximum atomic E-state index is 12.7. The Kier molecular flexibility index (Phi) is 6.91. The Morgan fingerprint density at radius 2 is 1.93 bits per heavy atom. The molecule has 0 heterocycles. The maximum Gasteiger partial charge on any atom is 0.255 e. The van der Waals surface area contributed by atoms with Gasteiger partial charge in [-0.3, -0.25) is 9.69 Å². The van der Waals surface area contributed by atoms with Crippen molar-refractivity contribution in [2.45, 2.75) is 44.7 Å². The van der Waals surface area contributed by atoms with Gasteiger partial charge in [-0.2, -0.15) is 0 Å². The van der Waals surface area contributed by atoms with Crippen LogP contribution < -0.4 is 10.1 Å². The topological polar surface area (TPSA) is 41.6 Å². The number of benzene rings is 2. The third kappa shape index (κ3) is 5.11. The summed E-state index contributed by atoms with van der Waals surface area (Å²) in [5.74, 6) is 0.590. The average molecular weight is 431 g/mol. The second kappa shape index (κ2) is 9.38. The molecule has 5 heteroatoms. The van der Waals surface area contributed by atoms with Crippen molar-refractivity contribution in [3.8, 4) is 5.75 Å². The fourth-order valence-corrected chi connectivity index (χ4v) is 4.24. The van der Waals surface area contributed by atoms with E-state index in [1.54, 1.807) is 25.3 Å². The molecule has 0 aromatic heterocycles. The van der Waals surface area contributed by atoms with Crippen molar-refractivity contribution >= 4 is 27.5 Å². The first kappa shape index (κ1) is 19.9. The van der Waals surface area contributed by atoms with Crippen LogP contribution in [0.1, 0.15) is 48.0 Å². The summed E-state index contributed by atoms with van der Waals surface area (Å²) >= 11 is 3.44. The normalized spacial score (nSPS) is 15.0. The Morgan fingerprint density at radius 3 is 2.63 bits per heavy atom. The molecule has 2 aromatic rings. The van der Waals surface area contributed by atoms with E-state index in [4.69, 9.17) is 4.74 Å². The van der Waals surface area contributed by atoms with Crippen LogP contribution in [0.25, 0.3) is 0 Å².